The van der Waals surface area contributed by atoms with Gasteiger partial charge in [-0.1, -0.05) is 44.2 Å². The van der Waals surface area contributed by atoms with Crippen molar-refractivity contribution in [1.29, 1.82) is 0 Å². The van der Waals surface area contributed by atoms with E-state index in [-0.39, 0.29) is 6.61 Å². The van der Waals surface area contributed by atoms with Gasteiger partial charge in [-0.05, 0) is 11.5 Å². The Labute approximate surface area is 183 Å². The Morgan fingerprint density at radius 1 is 1.09 bits per heavy atom. The van der Waals surface area contributed by atoms with Crippen LogP contribution in [0.5, 0.6) is 0 Å². The molecule has 1 aliphatic rings. The fraction of sp³-hybridized carbons (Fsp3) is 0.526. The van der Waals surface area contributed by atoms with Crippen LogP contribution in [0.4, 0.5) is 31.1 Å². The molecule has 8 nitrogen and oxygen atoms in total. The molecule has 14 heteroatoms. The molecule has 1 saturated heterocycles. The highest BCUT2D eigenvalue weighted by molar-refractivity contribution is 5.86. The van der Waals surface area contributed by atoms with E-state index in [4.69, 9.17) is 4.74 Å². The maximum atomic E-state index is 13.0. The van der Waals surface area contributed by atoms with E-state index in [0.717, 1.165) is 0 Å². The van der Waals surface area contributed by atoms with Crippen LogP contribution < -0.4 is 10.6 Å². The Morgan fingerprint density at radius 3 is 2.15 bits per heavy atom. The molecule has 2 atom stereocenters. The van der Waals surface area contributed by atoms with Crippen LogP contribution in [0.25, 0.3) is 0 Å². The monoisotopic (exact) mass is 486 g/mol. The van der Waals surface area contributed by atoms with E-state index in [1.807, 2.05) is 5.32 Å². The lowest BCUT2D eigenvalue weighted by atomic mass is 10.0. The molecule has 2 rings (SSSR count). The second-order valence-electron chi connectivity index (χ2n) is 7.31. The lowest BCUT2D eigenvalue weighted by molar-refractivity contribution is -0.439. The van der Waals surface area contributed by atoms with E-state index in [1.165, 1.54) is 13.8 Å². The van der Waals surface area contributed by atoms with E-state index in [2.05, 4.69) is 14.8 Å². The molecule has 1 fully saturated rings. The van der Waals surface area contributed by atoms with Crippen molar-refractivity contribution in [3.05, 3.63) is 35.9 Å². The molecule has 0 radical (unpaired) electrons. The number of alkyl carbamates (subject to hydrolysis) is 1. The van der Waals surface area contributed by atoms with Crippen LogP contribution in [-0.4, -0.2) is 54.8 Å². The minimum absolute atomic E-state index is 0.113. The van der Waals surface area contributed by atoms with Gasteiger partial charge >= 0.3 is 30.2 Å². The molecule has 0 bridgehead atoms. The van der Waals surface area contributed by atoms with Crippen LogP contribution in [0, 0.1) is 5.92 Å². The van der Waals surface area contributed by atoms with E-state index in [9.17, 15) is 40.7 Å². The topological polar surface area (TPSA) is 103 Å². The number of ether oxygens (including phenoxy) is 3. The standard InChI is InChI=1S/C19H20F6N2O6/c1-10(2)13(27-16(30)31-9-11-6-4-3-5-7-11)14(28)26-8-12-15(29)33-17(32-12,18(20,21)22)19(23,24)25/h3-7,10,12-13H,8-9H2,1-2H3,(H,26,28)(H,27,30)/t12-,13-/m0/s1. The molecule has 33 heavy (non-hydrogen) atoms. The third-order valence-corrected chi connectivity index (χ3v) is 4.46. The quantitative estimate of drug-likeness (QED) is 0.454. The van der Waals surface area contributed by atoms with Gasteiger partial charge in [0.2, 0.25) is 5.91 Å². The Hall–Kier alpha value is -3.03. The summed E-state index contributed by atoms with van der Waals surface area (Å²) in [5.41, 5.74) is 0.660. The molecule has 2 N–H and O–H groups in total. The molecule has 1 aliphatic heterocycles. The SMILES string of the molecule is CC(C)[C@H](NC(=O)OCc1ccccc1)C(=O)NC[C@@H]1OC(C(F)(F)F)(C(F)(F)F)OC1=O. The summed E-state index contributed by atoms with van der Waals surface area (Å²) in [7, 11) is 0. The summed E-state index contributed by atoms with van der Waals surface area (Å²) >= 11 is 0. The van der Waals surface area contributed by atoms with Gasteiger partial charge in [-0.2, -0.15) is 26.3 Å². The van der Waals surface area contributed by atoms with Crippen molar-refractivity contribution in [2.75, 3.05) is 6.54 Å². The highest BCUT2D eigenvalue weighted by Gasteiger charge is 2.80. The van der Waals surface area contributed by atoms with Crippen LogP contribution in [0.15, 0.2) is 30.3 Å². The van der Waals surface area contributed by atoms with E-state index in [0.29, 0.717) is 5.56 Å². The second kappa shape index (κ2) is 9.85. The number of alkyl halides is 6. The molecular weight excluding hydrogens is 466 g/mol. The number of hydrogen-bond acceptors (Lipinski definition) is 6. The average molecular weight is 486 g/mol. The van der Waals surface area contributed by atoms with E-state index >= 15 is 0 Å². The zero-order valence-corrected chi connectivity index (χ0v) is 17.3. The Morgan fingerprint density at radius 2 is 1.67 bits per heavy atom. The van der Waals surface area contributed by atoms with Crippen molar-refractivity contribution in [1.82, 2.24) is 10.6 Å². The van der Waals surface area contributed by atoms with Crippen LogP contribution in [0.1, 0.15) is 19.4 Å². The van der Waals surface area contributed by atoms with Gasteiger partial charge in [-0.25, -0.2) is 9.59 Å². The first-order valence-electron chi connectivity index (χ1n) is 9.47. The highest BCUT2D eigenvalue weighted by atomic mass is 19.4. The van der Waals surface area contributed by atoms with Crippen LogP contribution in [0.2, 0.25) is 0 Å². The van der Waals surface area contributed by atoms with Crippen molar-refractivity contribution < 1.29 is 54.9 Å². The Balaban J connectivity index is 1.97. The maximum Gasteiger partial charge on any atom is 0.465 e. The number of amides is 2. The van der Waals surface area contributed by atoms with Gasteiger partial charge in [0.25, 0.3) is 0 Å². The molecule has 0 spiro atoms. The third-order valence-electron chi connectivity index (χ3n) is 4.46. The fourth-order valence-electron chi connectivity index (χ4n) is 2.74. The number of esters is 1. The summed E-state index contributed by atoms with van der Waals surface area (Å²) in [5.74, 6) is -8.64. The van der Waals surface area contributed by atoms with Gasteiger partial charge in [-0.3, -0.25) is 4.79 Å². The number of hydrogen-bond donors (Lipinski definition) is 2. The third kappa shape index (κ3) is 6.06. The minimum Gasteiger partial charge on any atom is -0.445 e. The van der Waals surface area contributed by atoms with Crippen molar-refractivity contribution in [2.24, 2.45) is 5.92 Å². The number of nitrogens with one attached hydrogen (secondary N) is 2. The Kier molecular flexibility index (Phi) is 7.83. The van der Waals surface area contributed by atoms with E-state index < -0.39 is 60.7 Å². The van der Waals surface area contributed by atoms with Crippen molar-refractivity contribution in [3.63, 3.8) is 0 Å². The number of cyclic esters (lactones) is 1. The molecule has 184 valence electrons. The zero-order chi connectivity index (χ0) is 25.0. The maximum absolute atomic E-state index is 13.0. The van der Waals surface area contributed by atoms with Crippen molar-refractivity contribution in [2.45, 2.75) is 50.7 Å². The molecule has 1 aromatic rings. The average Bonchev–Trinajstić information content (AvgIpc) is 3.07. The number of benzene rings is 1. The molecule has 0 aromatic heterocycles. The molecular formula is C19H20F6N2O6. The summed E-state index contributed by atoms with van der Waals surface area (Å²) in [6.07, 6.45) is -15.6. The van der Waals surface area contributed by atoms with E-state index in [1.54, 1.807) is 30.3 Å². The lowest BCUT2D eigenvalue weighted by Gasteiger charge is -2.30. The largest absolute Gasteiger partial charge is 0.465 e. The predicted octanol–water partition coefficient (Wildman–Crippen LogP) is 2.82. The second-order valence-corrected chi connectivity index (χ2v) is 7.31. The molecule has 1 heterocycles. The zero-order valence-electron chi connectivity index (χ0n) is 17.3. The summed E-state index contributed by atoms with van der Waals surface area (Å²) < 4.78 is 90.2. The summed E-state index contributed by atoms with van der Waals surface area (Å²) in [6.45, 7) is 1.86. The van der Waals surface area contributed by atoms with Crippen LogP contribution in [0.3, 0.4) is 0 Å². The predicted molar refractivity (Wildman–Crippen MR) is 97.2 cm³/mol. The molecule has 0 unspecified atom stereocenters. The first-order chi connectivity index (χ1) is 15.2. The van der Waals surface area contributed by atoms with Gasteiger partial charge < -0.3 is 24.8 Å². The van der Waals surface area contributed by atoms with Gasteiger partial charge in [0.05, 0.1) is 6.54 Å². The van der Waals surface area contributed by atoms with Gasteiger partial charge in [0.1, 0.15) is 12.6 Å². The minimum atomic E-state index is -6.11. The smallest absolute Gasteiger partial charge is 0.445 e. The van der Waals surface area contributed by atoms with Crippen molar-refractivity contribution >= 4 is 18.0 Å². The number of carbonyl (C=O) groups is 3. The number of rotatable bonds is 7. The summed E-state index contributed by atoms with van der Waals surface area (Å²) in [4.78, 5) is 36.0. The fourth-order valence-corrected chi connectivity index (χ4v) is 2.74. The van der Waals surface area contributed by atoms with Gasteiger partial charge in [0, 0.05) is 0 Å². The summed E-state index contributed by atoms with van der Waals surface area (Å²) in [6, 6.07) is 7.26. The molecule has 0 saturated carbocycles. The number of halogens is 6. The van der Waals surface area contributed by atoms with Crippen LogP contribution >= 0.6 is 0 Å². The van der Waals surface area contributed by atoms with Crippen LogP contribution in [-0.2, 0) is 30.4 Å². The lowest BCUT2D eigenvalue weighted by Crippen LogP contribution is -2.58. The van der Waals surface area contributed by atoms with Gasteiger partial charge in [0.15, 0.2) is 6.10 Å². The van der Waals surface area contributed by atoms with Crippen molar-refractivity contribution in [3.8, 4) is 0 Å². The normalized spacial score (nSPS) is 19.1. The first kappa shape index (κ1) is 26.2. The molecule has 1 aromatic carbocycles. The number of carbonyl (C=O) groups excluding carboxylic acids is 3. The van der Waals surface area contributed by atoms with Gasteiger partial charge in [-0.15, -0.1) is 0 Å². The summed E-state index contributed by atoms with van der Waals surface area (Å²) in [5, 5.41) is 4.23. The molecule has 2 amide bonds. The highest BCUT2D eigenvalue weighted by Crippen LogP contribution is 2.50. The first-order valence-corrected chi connectivity index (χ1v) is 9.47. The Bertz CT molecular complexity index is 845. The molecule has 0 aliphatic carbocycles.